The summed E-state index contributed by atoms with van der Waals surface area (Å²) in [5.41, 5.74) is 1.43. The molecule has 0 saturated carbocycles. The monoisotopic (exact) mass is 371 g/mol. The summed E-state index contributed by atoms with van der Waals surface area (Å²) in [7, 11) is 0. The maximum atomic E-state index is 12.8. The van der Waals surface area contributed by atoms with Crippen molar-refractivity contribution in [3.8, 4) is 0 Å². The first-order valence-electron chi connectivity index (χ1n) is 9.36. The van der Waals surface area contributed by atoms with Crippen LogP contribution in [-0.4, -0.2) is 6.54 Å². The number of alkyl halides is 3. The number of hydrogen-bond donors (Lipinski definition) is 1. The zero-order valence-electron chi connectivity index (χ0n) is 15.4. The van der Waals surface area contributed by atoms with Crippen LogP contribution in [0, 0.1) is 0 Å². The van der Waals surface area contributed by atoms with Gasteiger partial charge in [-0.2, -0.15) is 13.2 Å². The molecule has 1 nitrogen and oxygen atoms in total. The number of nitrogens with one attached hydrogen (secondary N) is 1. The fraction of sp³-hybridized carbons (Fsp3) is 0.304. The van der Waals surface area contributed by atoms with Crippen molar-refractivity contribution < 1.29 is 13.2 Å². The average molecular weight is 371 g/mol. The topological polar surface area (TPSA) is 12.0 Å². The summed E-state index contributed by atoms with van der Waals surface area (Å²) in [6.07, 6.45) is -1.90. The molecule has 0 saturated heterocycles. The molecule has 0 aliphatic rings. The third kappa shape index (κ3) is 4.89. The molecule has 1 N–H and O–H groups in total. The summed E-state index contributed by atoms with van der Waals surface area (Å²) < 4.78 is 38.4. The van der Waals surface area contributed by atoms with Gasteiger partial charge in [0.05, 0.1) is 5.56 Å². The first-order valence-corrected chi connectivity index (χ1v) is 9.36. The van der Waals surface area contributed by atoms with Crippen LogP contribution in [0.3, 0.4) is 0 Å². The number of benzene rings is 3. The van der Waals surface area contributed by atoms with Crippen LogP contribution < -0.4 is 5.32 Å². The summed E-state index contributed by atoms with van der Waals surface area (Å²) in [5.74, 6) is 0. The largest absolute Gasteiger partial charge is 0.416 e. The van der Waals surface area contributed by atoms with Crippen LogP contribution in [0.1, 0.15) is 42.5 Å². The lowest BCUT2D eigenvalue weighted by Crippen LogP contribution is -2.22. The third-order valence-corrected chi connectivity index (χ3v) is 4.89. The quantitative estimate of drug-likeness (QED) is 0.466. The van der Waals surface area contributed by atoms with Gasteiger partial charge in [-0.3, -0.25) is 0 Å². The van der Waals surface area contributed by atoms with Gasteiger partial charge in [-0.05, 0) is 53.8 Å². The van der Waals surface area contributed by atoms with Crippen molar-refractivity contribution in [2.75, 3.05) is 6.54 Å². The Hall–Kier alpha value is -2.33. The van der Waals surface area contributed by atoms with Gasteiger partial charge in [-0.1, -0.05) is 67.6 Å². The van der Waals surface area contributed by atoms with Crippen LogP contribution in [0.15, 0.2) is 66.7 Å². The molecular weight excluding hydrogens is 347 g/mol. The molecule has 27 heavy (non-hydrogen) atoms. The second kappa shape index (κ2) is 8.57. The normalized spacial score (nSPS) is 13.0. The minimum Gasteiger partial charge on any atom is -0.310 e. The fourth-order valence-corrected chi connectivity index (χ4v) is 3.50. The van der Waals surface area contributed by atoms with E-state index in [4.69, 9.17) is 0 Å². The number of halogens is 3. The molecule has 4 heteroatoms. The standard InChI is InChI=1S/C23H24F3N/c1-2-22(21-14-6-11-18-10-3-4-13-20(18)21)27-15-7-9-17-8-5-12-19(16-17)23(24,25)26/h3-6,8,10-14,16,22,27H,2,7,9,15H2,1H3. The first kappa shape index (κ1) is 19.4. The van der Waals surface area contributed by atoms with Gasteiger partial charge in [0.25, 0.3) is 0 Å². The van der Waals surface area contributed by atoms with E-state index in [-0.39, 0.29) is 6.04 Å². The van der Waals surface area contributed by atoms with Crippen molar-refractivity contribution in [1.82, 2.24) is 5.32 Å². The summed E-state index contributed by atoms with van der Waals surface area (Å²) in [5, 5.41) is 6.04. The lowest BCUT2D eigenvalue weighted by molar-refractivity contribution is -0.137. The molecule has 0 heterocycles. The van der Waals surface area contributed by atoms with Crippen LogP contribution >= 0.6 is 0 Å². The zero-order chi connectivity index (χ0) is 19.3. The van der Waals surface area contributed by atoms with Gasteiger partial charge in [0.15, 0.2) is 0 Å². The zero-order valence-corrected chi connectivity index (χ0v) is 15.4. The minimum atomic E-state index is -4.28. The number of hydrogen-bond acceptors (Lipinski definition) is 1. The Kier molecular flexibility index (Phi) is 6.17. The van der Waals surface area contributed by atoms with Crippen molar-refractivity contribution in [3.05, 3.63) is 83.4 Å². The summed E-state index contributed by atoms with van der Waals surface area (Å²) >= 11 is 0. The van der Waals surface area contributed by atoms with Crippen LogP contribution in [0.5, 0.6) is 0 Å². The highest BCUT2D eigenvalue weighted by atomic mass is 19.4. The van der Waals surface area contributed by atoms with Gasteiger partial charge in [-0.15, -0.1) is 0 Å². The third-order valence-electron chi connectivity index (χ3n) is 4.89. The number of fused-ring (bicyclic) bond motifs is 1. The predicted molar refractivity (Wildman–Crippen MR) is 105 cm³/mol. The van der Waals surface area contributed by atoms with E-state index in [0.29, 0.717) is 6.42 Å². The highest BCUT2D eigenvalue weighted by molar-refractivity contribution is 5.86. The lowest BCUT2D eigenvalue weighted by atomic mass is 9.97. The van der Waals surface area contributed by atoms with Crippen LogP contribution in [0.25, 0.3) is 10.8 Å². The Bertz CT molecular complexity index is 881. The molecule has 0 radical (unpaired) electrons. The molecule has 1 atom stereocenters. The van der Waals surface area contributed by atoms with Crippen LogP contribution in [0.2, 0.25) is 0 Å². The molecule has 0 aromatic heterocycles. The molecule has 0 amide bonds. The minimum absolute atomic E-state index is 0.234. The molecule has 0 fully saturated rings. The maximum absolute atomic E-state index is 12.8. The highest BCUT2D eigenvalue weighted by Crippen LogP contribution is 2.30. The van der Waals surface area contributed by atoms with E-state index in [0.717, 1.165) is 31.0 Å². The van der Waals surface area contributed by atoms with Crippen molar-refractivity contribution in [2.45, 2.75) is 38.4 Å². The summed E-state index contributed by atoms with van der Waals surface area (Å²) in [4.78, 5) is 0. The van der Waals surface area contributed by atoms with E-state index in [1.807, 2.05) is 12.1 Å². The van der Waals surface area contributed by atoms with E-state index >= 15 is 0 Å². The molecular formula is C23H24F3N. The molecule has 142 valence electrons. The lowest BCUT2D eigenvalue weighted by Gasteiger charge is -2.19. The Morgan fingerprint density at radius 1 is 0.926 bits per heavy atom. The van der Waals surface area contributed by atoms with E-state index in [1.54, 1.807) is 6.07 Å². The van der Waals surface area contributed by atoms with Gasteiger partial charge in [0, 0.05) is 6.04 Å². The van der Waals surface area contributed by atoms with Crippen molar-refractivity contribution >= 4 is 10.8 Å². The first-order chi connectivity index (χ1) is 13.0. The molecule has 3 rings (SSSR count). The molecule has 3 aromatic rings. The molecule has 0 aliphatic carbocycles. The second-order valence-electron chi connectivity index (χ2n) is 6.79. The van der Waals surface area contributed by atoms with E-state index in [2.05, 4.69) is 42.6 Å². The fourth-order valence-electron chi connectivity index (χ4n) is 3.50. The molecule has 1 unspecified atom stereocenters. The Morgan fingerprint density at radius 2 is 1.67 bits per heavy atom. The van der Waals surface area contributed by atoms with Crippen LogP contribution in [-0.2, 0) is 12.6 Å². The number of aryl methyl sites for hydroxylation is 1. The Balaban J connectivity index is 1.61. The van der Waals surface area contributed by atoms with Gasteiger partial charge in [0.1, 0.15) is 0 Å². The highest BCUT2D eigenvalue weighted by Gasteiger charge is 2.30. The molecule has 0 spiro atoms. The molecule has 0 bridgehead atoms. The van der Waals surface area contributed by atoms with Crippen LogP contribution in [0.4, 0.5) is 13.2 Å². The SMILES string of the molecule is CCC(NCCCc1cccc(C(F)(F)F)c1)c1cccc2ccccc12. The van der Waals surface area contributed by atoms with Gasteiger partial charge >= 0.3 is 6.18 Å². The Labute approximate surface area is 158 Å². The van der Waals surface area contributed by atoms with Gasteiger partial charge in [-0.25, -0.2) is 0 Å². The van der Waals surface area contributed by atoms with Gasteiger partial charge < -0.3 is 5.32 Å². The molecule has 3 aromatic carbocycles. The van der Waals surface area contributed by atoms with E-state index < -0.39 is 11.7 Å². The van der Waals surface area contributed by atoms with E-state index in [1.165, 1.54) is 28.5 Å². The van der Waals surface area contributed by atoms with Crippen molar-refractivity contribution in [3.63, 3.8) is 0 Å². The van der Waals surface area contributed by atoms with Crippen molar-refractivity contribution in [2.24, 2.45) is 0 Å². The Morgan fingerprint density at radius 3 is 2.44 bits per heavy atom. The van der Waals surface area contributed by atoms with Crippen molar-refractivity contribution in [1.29, 1.82) is 0 Å². The smallest absolute Gasteiger partial charge is 0.310 e. The summed E-state index contributed by atoms with van der Waals surface area (Å²) in [6, 6.07) is 20.5. The van der Waals surface area contributed by atoms with E-state index in [9.17, 15) is 13.2 Å². The maximum Gasteiger partial charge on any atom is 0.416 e. The van der Waals surface area contributed by atoms with Gasteiger partial charge in [0.2, 0.25) is 0 Å². The molecule has 0 aliphatic heterocycles. The average Bonchev–Trinajstić information content (AvgIpc) is 2.67. The predicted octanol–water partition coefficient (Wildman–Crippen LogP) is 6.53. The summed E-state index contributed by atoms with van der Waals surface area (Å²) in [6.45, 7) is 2.91. The number of rotatable bonds is 7. The second-order valence-corrected chi connectivity index (χ2v) is 6.79.